The van der Waals surface area contributed by atoms with Crippen LogP contribution >= 0.6 is 36.7 Å². The standard InChI is InChI=1S/C19H15Cl2N5O2.H2S/c1-11-10-25(13-4-5-15(20)16(21)7-13)19(28)17-14(9-23-26(11)17)18(27)24-12-3-2-6-22-8-12;/h2-9,11H,10H2,1H3,(H,24,27);1H2/t11-;/m0./s1. The fraction of sp³-hybridized carbons (Fsp3) is 0.158. The molecule has 7 nitrogen and oxygen atoms in total. The van der Waals surface area contributed by atoms with Crippen LogP contribution in [0.15, 0.2) is 48.9 Å². The van der Waals surface area contributed by atoms with E-state index in [1.54, 1.807) is 46.1 Å². The van der Waals surface area contributed by atoms with Crippen molar-refractivity contribution in [2.45, 2.75) is 13.0 Å². The van der Waals surface area contributed by atoms with Gasteiger partial charge in [0.25, 0.3) is 11.8 Å². The first-order chi connectivity index (χ1) is 13.5. The third kappa shape index (κ3) is 3.96. The third-order valence-corrected chi connectivity index (χ3v) is 5.23. The lowest BCUT2D eigenvalue weighted by Crippen LogP contribution is -2.43. The Balaban J connectivity index is 0.00000240. The summed E-state index contributed by atoms with van der Waals surface area (Å²) in [7, 11) is 0. The van der Waals surface area contributed by atoms with Crippen molar-refractivity contribution in [3.8, 4) is 0 Å². The van der Waals surface area contributed by atoms with Gasteiger partial charge in [0.1, 0.15) is 5.69 Å². The topological polar surface area (TPSA) is 80.1 Å². The number of rotatable bonds is 3. The van der Waals surface area contributed by atoms with Gasteiger partial charge in [-0.3, -0.25) is 19.3 Å². The van der Waals surface area contributed by atoms with Gasteiger partial charge in [-0.25, -0.2) is 0 Å². The monoisotopic (exact) mass is 449 g/mol. The second kappa shape index (κ2) is 8.44. The second-order valence-electron chi connectivity index (χ2n) is 6.41. The predicted octanol–water partition coefficient (Wildman–Crippen LogP) is 4.17. The van der Waals surface area contributed by atoms with E-state index in [1.165, 1.54) is 12.4 Å². The summed E-state index contributed by atoms with van der Waals surface area (Å²) < 4.78 is 1.58. The molecule has 10 heteroatoms. The molecule has 0 radical (unpaired) electrons. The molecule has 150 valence electrons. The average molecular weight is 450 g/mol. The molecule has 1 aromatic carbocycles. The van der Waals surface area contributed by atoms with Crippen molar-refractivity contribution in [3.63, 3.8) is 0 Å². The molecule has 2 aromatic heterocycles. The Labute approximate surface area is 184 Å². The van der Waals surface area contributed by atoms with Gasteiger partial charge < -0.3 is 10.2 Å². The number of anilines is 2. The van der Waals surface area contributed by atoms with Gasteiger partial charge in [-0.2, -0.15) is 18.6 Å². The van der Waals surface area contributed by atoms with E-state index >= 15 is 0 Å². The molecule has 0 saturated heterocycles. The quantitative estimate of drug-likeness (QED) is 0.650. The number of pyridine rings is 1. The van der Waals surface area contributed by atoms with Crippen LogP contribution in [0.1, 0.15) is 33.8 Å². The smallest absolute Gasteiger partial charge is 0.277 e. The van der Waals surface area contributed by atoms with E-state index in [2.05, 4.69) is 15.4 Å². The van der Waals surface area contributed by atoms with Crippen LogP contribution in [0.2, 0.25) is 10.0 Å². The number of amides is 2. The molecule has 0 bridgehead atoms. The van der Waals surface area contributed by atoms with Crippen molar-refractivity contribution >= 4 is 59.9 Å². The number of fused-ring (bicyclic) bond motifs is 1. The first-order valence-corrected chi connectivity index (χ1v) is 9.27. The summed E-state index contributed by atoms with van der Waals surface area (Å²) in [4.78, 5) is 31.5. The van der Waals surface area contributed by atoms with Gasteiger partial charge in [0.2, 0.25) is 0 Å². The number of nitrogens with one attached hydrogen (secondary N) is 1. The summed E-state index contributed by atoms with van der Waals surface area (Å²) in [6, 6.07) is 8.30. The Kier molecular flexibility index (Phi) is 6.16. The molecule has 3 aromatic rings. The molecule has 0 fully saturated rings. The number of carbonyl (C=O) groups is 2. The summed E-state index contributed by atoms with van der Waals surface area (Å²) in [5.41, 5.74) is 1.57. The summed E-state index contributed by atoms with van der Waals surface area (Å²) in [6.07, 6.45) is 4.55. The van der Waals surface area contributed by atoms with Gasteiger partial charge in [-0.1, -0.05) is 23.2 Å². The number of hydrogen-bond donors (Lipinski definition) is 1. The van der Waals surface area contributed by atoms with Gasteiger partial charge in [0.05, 0.1) is 39.7 Å². The molecular formula is C19H17Cl2N5O2S. The third-order valence-electron chi connectivity index (χ3n) is 4.49. The summed E-state index contributed by atoms with van der Waals surface area (Å²) >= 11 is 12.1. The highest BCUT2D eigenvalue weighted by atomic mass is 35.5. The summed E-state index contributed by atoms with van der Waals surface area (Å²) in [6.45, 7) is 2.32. The Morgan fingerprint density at radius 1 is 1.21 bits per heavy atom. The van der Waals surface area contributed by atoms with E-state index in [4.69, 9.17) is 23.2 Å². The SMILES string of the molecule is C[C@H]1CN(c2ccc(Cl)c(Cl)c2)C(=O)c2c(C(=O)Nc3cccnc3)cnn21.S. The minimum Gasteiger partial charge on any atom is -0.320 e. The number of nitrogens with zero attached hydrogens (tertiary/aromatic N) is 4. The van der Waals surface area contributed by atoms with Crippen molar-refractivity contribution in [3.05, 3.63) is 70.2 Å². The Morgan fingerprint density at radius 3 is 2.69 bits per heavy atom. The molecule has 0 aliphatic carbocycles. The Hall–Kier alpha value is -2.55. The molecule has 1 aliphatic heterocycles. The van der Waals surface area contributed by atoms with Crippen molar-refractivity contribution in [1.82, 2.24) is 14.8 Å². The highest BCUT2D eigenvalue weighted by Crippen LogP contribution is 2.32. The summed E-state index contributed by atoms with van der Waals surface area (Å²) in [5, 5.41) is 7.75. The zero-order valence-corrected chi connectivity index (χ0v) is 17.8. The van der Waals surface area contributed by atoms with Crippen molar-refractivity contribution in [2.24, 2.45) is 0 Å². The molecule has 3 heterocycles. The minimum absolute atomic E-state index is 0. The normalized spacial score (nSPS) is 15.5. The van der Waals surface area contributed by atoms with Crippen molar-refractivity contribution in [2.75, 3.05) is 16.8 Å². The number of aromatic nitrogens is 3. The maximum Gasteiger partial charge on any atom is 0.277 e. The van der Waals surface area contributed by atoms with E-state index in [0.29, 0.717) is 28.0 Å². The van der Waals surface area contributed by atoms with Crippen LogP contribution in [0.4, 0.5) is 11.4 Å². The molecule has 0 spiro atoms. The first-order valence-electron chi connectivity index (χ1n) is 8.51. The lowest BCUT2D eigenvalue weighted by molar-refractivity contribution is 0.0939. The van der Waals surface area contributed by atoms with Crippen LogP contribution in [-0.2, 0) is 0 Å². The fourth-order valence-corrected chi connectivity index (χ4v) is 3.43. The minimum atomic E-state index is -0.425. The molecule has 1 atom stereocenters. The van der Waals surface area contributed by atoms with E-state index in [1.807, 2.05) is 6.92 Å². The van der Waals surface area contributed by atoms with E-state index < -0.39 is 5.91 Å². The zero-order chi connectivity index (χ0) is 19.8. The number of halogens is 2. The van der Waals surface area contributed by atoms with E-state index in [0.717, 1.165) is 0 Å². The molecule has 29 heavy (non-hydrogen) atoms. The summed E-state index contributed by atoms with van der Waals surface area (Å²) in [5.74, 6) is -0.754. The van der Waals surface area contributed by atoms with Gasteiger partial charge in [-0.05, 0) is 37.3 Å². The molecule has 4 rings (SSSR count). The highest BCUT2D eigenvalue weighted by Gasteiger charge is 2.35. The van der Waals surface area contributed by atoms with Crippen LogP contribution in [0.3, 0.4) is 0 Å². The van der Waals surface area contributed by atoms with Crippen LogP contribution in [0, 0.1) is 0 Å². The van der Waals surface area contributed by atoms with Crippen molar-refractivity contribution < 1.29 is 9.59 Å². The predicted molar refractivity (Wildman–Crippen MR) is 118 cm³/mol. The fourth-order valence-electron chi connectivity index (χ4n) is 3.14. The van der Waals surface area contributed by atoms with Gasteiger partial charge in [0, 0.05) is 18.4 Å². The molecular weight excluding hydrogens is 433 g/mol. The Morgan fingerprint density at radius 2 is 2.00 bits per heavy atom. The Bertz CT molecular complexity index is 1070. The maximum absolute atomic E-state index is 13.2. The number of benzene rings is 1. The number of hydrogen-bond acceptors (Lipinski definition) is 4. The lowest BCUT2D eigenvalue weighted by atomic mass is 10.1. The second-order valence-corrected chi connectivity index (χ2v) is 7.22. The molecule has 1 N–H and O–H groups in total. The van der Waals surface area contributed by atoms with Crippen LogP contribution in [0.25, 0.3) is 0 Å². The maximum atomic E-state index is 13.2. The molecule has 0 saturated carbocycles. The lowest BCUT2D eigenvalue weighted by Gasteiger charge is -2.32. The molecule has 2 amide bonds. The highest BCUT2D eigenvalue weighted by molar-refractivity contribution is 7.59. The molecule has 0 unspecified atom stereocenters. The first kappa shape index (κ1) is 21.2. The molecule has 1 aliphatic rings. The van der Waals surface area contributed by atoms with Gasteiger partial charge in [-0.15, -0.1) is 0 Å². The average Bonchev–Trinajstić information content (AvgIpc) is 3.14. The van der Waals surface area contributed by atoms with Gasteiger partial charge >= 0.3 is 0 Å². The van der Waals surface area contributed by atoms with Gasteiger partial charge in [0.15, 0.2) is 0 Å². The largest absolute Gasteiger partial charge is 0.320 e. The van der Waals surface area contributed by atoms with Crippen LogP contribution in [0.5, 0.6) is 0 Å². The van der Waals surface area contributed by atoms with Crippen LogP contribution in [-0.4, -0.2) is 33.1 Å². The van der Waals surface area contributed by atoms with Crippen molar-refractivity contribution in [1.29, 1.82) is 0 Å². The van der Waals surface area contributed by atoms with E-state index in [9.17, 15) is 9.59 Å². The zero-order valence-electron chi connectivity index (χ0n) is 15.3. The number of carbonyl (C=O) groups excluding carboxylic acids is 2. The van der Waals surface area contributed by atoms with Crippen LogP contribution < -0.4 is 10.2 Å². The van der Waals surface area contributed by atoms with E-state index in [-0.39, 0.29) is 36.7 Å².